The molecule has 2 heterocycles. The number of ether oxygens (including phenoxy) is 2. The van der Waals surface area contributed by atoms with Crippen molar-refractivity contribution >= 4 is 0 Å². The summed E-state index contributed by atoms with van der Waals surface area (Å²) in [4.78, 5) is 2.47. The molecule has 4 nitrogen and oxygen atoms in total. The van der Waals surface area contributed by atoms with Gasteiger partial charge in [-0.25, -0.2) is 4.39 Å². The fraction of sp³-hybridized carbons (Fsp3) is 0.357. The van der Waals surface area contributed by atoms with Gasteiger partial charge in [0, 0.05) is 30.0 Å². The Morgan fingerprint density at radius 2 is 1.64 bits per heavy atom. The third-order valence-electron chi connectivity index (χ3n) is 6.82. The van der Waals surface area contributed by atoms with Gasteiger partial charge in [-0.15, -0.1) is 0 Å². The molecule has 5 heteroatoms. The molecule has 0 amide bonds. The van der Waals surface area contributed by atoms with E-state index < -0.39 is 0 Å². The molecule has 0 aromatic heterocycles. The lowest BCUT2D eigenvalue weighted by atomic mass is 9.76. The second kappa shape index (κ2) is 9.84. The standard InChI is InChI=1S/C28H30FNO3/c29-22-8-4-20(5-9-22)26-19-33-27-18-23(31)10-13-25(27)28(26)21-6-11-24(12-7-21)32-17-16-30-14-2-1-3-15-30/h4-13,18,26,28,31H,1-3,14-17,19H2/t26-,28+/m1/s1. The van der Waals surface area contributed by atoms with Crippen molar-refractivity contribution in [3.63, 3.8) is 0 Å². The number of nitrogens with zero attached hydrogens (tertiary/aromatic N) is 1. The third-order valence-corrected chi connectivity index (χ3v) is 6.82. The van der Waals surface area contributed by atoms with Crippen LogP contribution in [0.1, 0.15) is 47.8 Å². The average Bonchev–Trinajstić information content (AvgIpc) is 2.85. The van der Waals surface area contributed by atoms with Crippen molar-refractivity contribution in [1.82, 2.24) is 4.90 Å². The number of phenolic OH excluding ortho intramolecular Hbond substituents is 1. The number of piperidine rings is 1. The maximum absolute atomic E-state index is 13.5. The van der Waals surface area contributed by atoms with Crippen molar-refractivity contribution in [2.45, 2.75) is 31.1 Å². The van der Waals surface area contributed by atoms with Gasteiger partial charge in [-0.1, -0.05) is 36.8 Å². The number of phenols is 1. The molecule has 33 heavy (non-hydrogen) atoms. The van der Waals surface area contributed by atoms with Gasteiger partial charge in [-0.2, -0.15) is 0 Å². The number of hydrogen-bond acceptors (Lipinski definition) is 4. The fourth-order valence-electron chi connectivity index (χ4n) is 5.06. The number of aromatic hydroxyl groups is 1. The Kier molecular flexibility index (Phi) is 6.49. The van der Waals surface area contributed by atoms with Crippen molar-refractivity contribution in [3.05, 3.63) is 89.2 Å². The first-order valence-electron chi connectivity index (χ1n) is 11.8. The van der Waals surface area contributed by atoms with Crippen molar-refractivity contribution in [1.29, 1.82) is 0 Å². The van der Waals surface area contributed by atoms with Gasteiger partial charge in [-0.3, -0.25) is 4.90 Å². The molecular formula is C28H30FNO3. The van der Waals surface area contributed by atoms with E-state index in [0.717, 1.165) is 29.0 Å². The summed E-state index contributed by atoms with van der Waals surface area (Å²) >= 11 is 0. The summed E-state index contributed by atoms with van der Waals surface area (Å²) in [5.74, 6) is 1.57. The van der Waals surface area contributed by atoms with Crippen LogP contribution in [0.5, 0.6) is 17.2 Å². The van der Waals surface area contributed by atoms with Crippen molar-refractivity contribution < 1.29 is 19.0 Å². The topological polar surface area (TPSA) is 41.9 Å². The van der Waals surface area contributed by atoms with Crippen molar-refractivity contribution in [2.75, 3.05) is 32.8 Å². The molecular weight excluding hydrogens is 417 g/mol. The lowest BCUT2D eigenvalue weighted by molar-refractivity contribution is 0.183. The first-order chi connectivity index (χ1) is 16.2. The van der Waals surface area contributed by atoms with Crippen LogP contribution in [0.25, 0.3) is 0 Å². The molecule has 0 aliphatic carbocycles. The average molecular weight is 448 g/mol. The summed E-state index contributed by atoms with van der Waals surface area (Å²) in [7, 11) is 0. The minimum Gasteiger partial charge on any atom is -0.508 e. The molecule has 3 aromatic carbocycles. The monoisotopic (exact) mass is 447 g/mol. The van der Waals surface area contributed by atoms with Gasteiger partial charge in [0.2, 0.25) is 0 Å². The molecule has 5 rings (SSSR count). The van der Waals surface area contributed by atoms with E-state index >= 15 is 0 Å². The third kappa shape index (κ3) is 4.98. The molecule has 2 aliphatic heterocycles. The number of fused-ring (bicyclic) bond motifs is 1. The van der Waals surface area contributed by atoms with Gasteiger partial charge in [0.15, 0.2) is 0 Å². The number of halogens is 1. The number of hydrogen-bond donors (Lipinski definition) is 1. The van der Waals surface area contributed by atoms with Crippen molar-refractivity contribution in [3.8, 4) is 17.2 Å². The minimum atomic E-state index is -0.247. The van der Waals surface area contributed by atoms with Gasteiger partial charge in [0.05, 0.1) is 6.61 Å². The van der Waals surface area contributed by atoms with E-state index in [2.05, 4.69) is 17.0 Å². The van der Waals surface area contributed by atoms with Crippen LogP contribution in [0, 0.1) is 5.82 Å². The predicted molar refractivity (Wildman–Crippen MR) is 127 cm³/mol. The summed E-state index contributed by atoms with van der Waals surface area (Å²) in [6.07, 6.45) is 3.91. The smallest absolute Gasteiger partial charge is 0.126 e. The van der Waals surface area contributed by atoms with Crippen LogP contribution in [0.15, 0.2) is 66.7 Å². The van der Waals surface area contributed by atoms with Gasteiger partial charge in [0.1, 0.15) is 29.7 Å². The van der Waals surface area contributed by atoms with Crippen LogP contribution in [0.3, 0.4) is 0 Å². The zero-order valence-corrected chi connectivity index (χ0v) is 18.8. The van der Waals surface area contributed by atoms with E-state index in [1.165, 1.54) is 44.5 Å². The zero-order valence-electron chi connectivity index (χ0n) is 18.8. The Bertz CT molecular complexity index is 1060. The van der Waals surface area contributed by atoms with Crippen LogP contribution >= 0.6 is 0 Å². The summed E-state index contributed by atoms with van der Waals surface area (Å²) in [6, 6.07) is 20.2. The number of benzene rings is 3. The highest BCUT2D eigenvalue weighted by molar-refractivity contribution is 5.50. The Balaban J connectivity index is 1.36. The van der Waals surface area contributed by atoms with Crippen LogP contribution in [0.4, 0.5) is 4.39 Å². The molecule has 2 atom stereocenters. The molecule has 1 fully saturated rings. The second-order valence-corrected chi connectivity index (χ2v) is 8.99. The lowest BCUT2D eigenvalue weighted by Crippen LogP contribution is -2.33. The van der Waals surface area contributed by atoms with E-state index in [-0.39, 0.29) is 23.4 Å². The number of likely N-dealkylation sites (tertiary alicyclic amines) is 1. The second-order valence-electron chi connectivity index (χ2n) is 8.99. The Morgan fingerprint density at radius 3 is 2.39 bits per heavy atom. The summed E-state index contributed by atoms with van der Waals surface area (Å²) in [5.41, 5.74) is 3.19. The normalized spacial score (nSPS) is 20.6. The van der Waals surface area contributed by atoms with E-state index in [0.29, 0.717) is 19.0 Å². The van der Waals surface area contributed by atoms with Gasteiger partial charge in [-0.05, 0) is 67.4 Å². The van der Waals surface area contributed by atoms with Gasteiger partial charge < -0.3 is 14.6 Å². The Hall–Kier alpha value is -3.05. The minimum absolute atomic E-state index is 0.0298. The molecule has 1 N–H and O–H groups in total. The molecule has 0 radical (unpaired) electrons. The molecule has 0 bridgehead atoms. The maximum atomic E-state index is 13.5. The first kappa shape index (κ1) is 21.8. The molecule has 2 aliphatic rings. The Labute approximate surface area is 194 Å². The molecule has 1 saturated heterocycles. The molecule has 0 unspecified atom stereocenters. The van der Waals surface area contributed by atoms with Crippen LogP contribution in [-0.4, -0.2) is 42.9 Å². The molecule has 172 valence electrons. The highest BCUT2D eigenvalue weighted by Crippen LogP contribution is 2.47. The SMILES string of the molecule is Oc1ccc2c(c1)OC[C@H](c1ccc(F)cc1)[C@H]2c1ccc(OCCN2CCCCC2)cc1. The molecule has 0 spiro atoms. The van der Waals surface area contributed by atoms with E-state index in [1.54, 1.807) is 12.1 Å². The van der Waals surface area contributed by atoms with Crippen molar-refractivity contribution in [2.24, 2.45) is 0 Å². The van der Waals surface area contributed by atoms with Gasteiger partial charge in [0.25, 0.3) is 0 Å². The van der Waals surface area contributed by atoms with E-state index in [1.807, 2.05) is 30.3 Å². The van der Waals surface area contributed by atoms with E-state index in [9.17, 15) is 9.50 Å². The van der Waals surface area contributed by atoms with Crippen LogP contribution in [-0.2, 0) is 0 Å². The number of rotatable bonds is 6. The Morgan fingerprint density at radius 1 is 0.909 bits per heavy atom. The fourth-order valence-corrected chi connectivity index (χ4v) is 5.06. The first-order valence-corrected chi connectivity index (χ1v) is 11.8. The molecule has 3 aromatic rings. The summed E-state index contributed by atoms with van der Waals surface area (Å²) in [6.45, 7) is 4.46. The maximum Gasteiger partial charge on any atom is 0.126 e. The van der Waals surface area contributed by atoms with E-state index in [4.69, 9.17) is 9.47 Å². The van der Waals surface area contributed by atoms with Crippen LogP contribution < -0.4 is 9.47 Å². The molecule has 0 saturated carbocycles. The zero-order chi connectivity index (χ0) is 22.6. The summed E-state index contributed by atoms with van der Waals surface area (Å²) in [5, 5.41) is 9.93. The van der Waals surface area contributed by atoms with Gasteiger partial charge >= 0.3 is 0 Å². The van der Waals surface area contributed by atoms with Crippen LogP contribution in [0.2, 0.25) is 0 Å². The quantitative estimate of drug-likeness (QED) is 0.526. The predicted octanol–water partition coefficient (Wildman–Crippen LogP) is 5.70. The summed E-state index contributed by atoms with van der Waals surface area (Å²) < 4.78 is 25.6. The highest BCUT2D eigenvalue weighted by Gasteiger charge is 2.33. The lowest BCUT2D eigenvalue weighted by Gasteiger charge is -2.34. The highest BCUT2D eigenvalue weighted by atomic mass is 19.1. The largest absolute Gasteiger partial charge is 0.508 e.